The Hall–Kier alpha value is -1.76. The van der Waals surface area contributed by atoms with Gasteiger partial charge in [-0.2, -0.15) is 0 Å². The molecule has 1 atom stereocenters. The second kappa shape index (κ2) is 9.26. The zero-order valence-corrected chi connectivity index (χ0v) is 16.0. The smallest absolute Gasteiger partial charge is 0.220 e. The number of halogens is 1. The van der Waals surface area contributed by atoms with E-state index in [1.807, 2.05) is 0 Å². The van der Waals surface area contributed by atoms with Gasteiger partial charge >= 0.3 is 0 Å². The Bertz CT molecular complexity index is 699. The molecule has 1 aromatic heterocycles. The number of thiophene rings is 1. The Morgan fingerprint density at radius 3 is 2.65 bits per heavy atom. The van der Waals surface area contributed by atoms with Crippen molar-refractivity contribution in [3.63, 3.8) is 0 Å². The lowest BCUT2D eigenvalue weighted by Crippen LogP contribution is -2.48. The van der Waals surface area contributed by atoms with Crippen molar-refractivity contribution in [1.29, 1.82) is 0 Å². The van der Waals surface area contributed by atoms with Crippen molar-refractivity contribution in [2.45, 2.75) is 18.9 Å². The highest BCUT2D eigenvalue weighted by molar-refractivity contribution is 7.10. The molecular formula is C20H26FN3OS. The summed E-state index contributed by atoms with van der Waals surface area (Å²) in [5.41, 5.74) is 0.594. The third-order valence-electron chi connectivity index (χ3n) is 4.92. The van der Waals surface area contributed by atoms with Crippen LogP contribution in [0.5, 0.6) is 0 Å². The minimum atomic E-state index is -0.241. The molecule has 0 radical (unpaired) electrons. The van der Waals surface area contributed by atoms with Crippen LogP contribution < -0.4 is 5.32 Å². The first-order valence-corrected chi connectivity index (χ1v) is 9.97. The summed E-state index contributed by atoms with van der Waals surface area (Å²) in [5.74, 6) is -0.266. The molecule has 3 rings (SSSR count). The number of carbonyl (C=O) groups excluding carboxylic acids is 1. The minimum Gasteiger partial charge on any atom is -0.354 e. The Balaban J connectivity index is 1.54. The molecule has 2 heterocycles. The SMILES string of the molecule is CN1CCN(C(CNC(=O)CCc2ccccc2F)c2cccs2)CC1. The third kappa shape index (κ3) is 5.13. The van der Waals surface area contributed by atoms with Gasteiger partial charge in [-0.15, -0.1) is 11.3 Å². The van der Waals surface area contributed by atoms with Gasteiger partial charge in [0.05, 0.1) is 6.04 Å². The molecule has 1 aromatic carbocycles. The summed E-state index contributed by atoms with van der Waals surface area (Å²) in [5, 5.41) is 5.14. The summed E-state index contributed by atoms with van der Waals surface area (Å²) in [7, 11) is 2.14. The second-order valence-corrected chi connectivity index (χ2v) is 7.75. The first-order chi connectivity index (χ1) is 12.6. The van der Waals surface area contributed by atoms with Gasteiger partial charge in [0.15, 0.2) is 0 Å². The summed E-state index contributed by atoms with van der Waals surface area (Å²) in [6.07, 6.45) is 0.734. The number of likely N-dealkylation sites (N-methyl/N-ethyl adjacent to an activating group) is 1. The number of nitrogens with one attached hydrogen (secondary N) is 1. The fourth-order valence-electron chi connectivity index (χ4n) is 3.27. The summed E-state index contributed by atoms with van der Waals surface area (Å²) < 4.78 is 13.7. The number of nitrogens with zero attached hydrogens (tertiary/aromatic N) is 2. The zero-order valence-electron chi connectivity index (χ0n) is 15.2. The van der Waals surface area contributed by atoms with Crippen LogP contribution in [0.4, 0.5) is 4.39 Å². The van der Waals surface area contributed by atoms with Crippen LogP contribution in [0.3, 0.4) is 0 Å². The predicted molar refractivity (Wildman–Crippen MR) is 104 cm³/mol. The van der Waals surface area contributed by atoms with Gasteiger partial charge in [-0.1, -0.05) is 24.3 Å². The van der Waals surface area contributed by atoms with Crippen LogP contribution in [0.25, 0.3) is 0 Å². The highest BCUT2D eigenvalue weighted by Gasteiger charge is 2.25. The van der Waals surface area contributed by atoms with Crippen LogP contribution in [-0.4, -0.2) is 55.5 Å². The minimum absolute atomic E-state index is 0.0241. The van der Waals surface area contributed by atoms with Gasteiger partial charge in [-0.25, -0.2) is 4.39 Å². The van der Waals surface area contributed by atoms with E-state index in [-0.39, 0.29) is 17.8 Å². The molecule has 6 heteroatoms. The van der Waals surface area contributed by atoms with E-state index in [4.69, 9.17) is 0 Å². The summed E-state index contributed by atoms with van der Waals surface area (Å²) in [4.78, 5) is 18.3. The molecule has 1 amide bonds. The molecule has 26 heavy (non-hydrogen) atoms. The number of benzene rings is 1. The molecule has 1 unspecified atom stereocenters. The lowest BCUT2D eigenvalue weighted by molar-refractivity contribution is -0.121. The van der Waals surface area contributed by atoms with Crippen LogP contribution in [0, 0.1) is 5.82 Å². The van der Waals surface area contributed by atoms with Crippen molar-refractivity contribution in [2.24, 2.45) is 0 Å². The number of piperazine rings is 1. The summed E-state index contributed by atoms with van der Waals surface area (Å²) in [6, 6.07) is 11.1. The van der Waals surface area contributed by atoms with Crippen LogP contribution in [0.15, 0.2) is 41.8 Å². The van der Waals surface area contributed by atoms with Gasteiger partial charge in [0.1, 0.15) is 5.82 Å². The maximum atomic E-state index is 13.7. The van der Waals surface area contributed by atoms with E-state index in [0.29, 0.717) is 24.9 Å². The molecule has 1 aliphatic rings. The fourth-order valence-corrected chi connectivity index (χ4v) is 4.13. The number of hydrogen-bond donors (Lipinski definition) is 1. The summed E-state index contributed by atoms with van der Waals surface area (Å²) in [6.45, 7) is 4.70. The number of rotatable bonds is 7. The van der Waals surface area contributed by atoms with Crippen molar-refractivity contribution in [3.8, 4) is 0 Å². The van der Waals surface area contributed by atoms with E-state index in [0.717, 1.165) is 26.2 Å². The Morgan fingerprint density at radius 1 is 1.19 bits per heavy atom. The molecule has 1 saturated heterocycles. The van der Waals surface area contributed by atoms with Crippen molar-refractivity contribution in [1.82, 2.24) is 15.1 Å². The standard InChI is InChI=1S/C20H26FN3OS/c1-23-10-12-24(13-11-23)18(19-7-4-14-26-19)15-22-20(25)9-8-16-5-2-3-6-17(16)21/h2-7,14,18H,8-13,15H2,1H3,(H,22,25). The van der Waals surface area contributed by atoms with Crippen LogP contribution >= 0.6 is 11.3 Å². The molecule has 1 aliphatic heterocycles. The van der Waals surface area contributed by atoms with E-state index in [1.54, 1.807) is 29.5 Å². The van der Waals surface area contributed by atoms with Crippen LogP contribution in [0.1, 0.15) is 22.9 Å². The largest absolute Gasteiger partial charge is 0.354 e. The van der Waals surface area contributed by atoms with E-state index >= 15 is 0 Å². The van der Waals surface area contributed by atoms with Gasteiger partial charge in [0.25, 0.3) is 0 Å². The van der Waals surface area contributed by atoms with Crippen LogP contribution in [-0.2, 0) is 11.2 Å². The van der Waals surface area contributed by atoms with Crippen molar-refractivity contribution < 1.29 is 9.18 Å². The molecule has 0 bridgehead atoms. The maximum Gasteiger partial charge on any atom is 0.220 e. The highest BCUT2D eigenvalue weighted by atomic mass is 32.1. The molecule has 0 aliphatic carbocycles. The zero-order chi connectivity index (χ0) is 18.4. The predicted octanol–water partition coefficient (Wildman–Crippen LogP) is 2.92. The van der Waals surface area contributed by atoms with Crippen molar-refractivity contribution in [2.75, 3.05) is 39.8 Å². The Labute approximate surface area is 158 Å². The lowest BCUT2D eigenvalue weighted by atomic mass is 10.1. The Kier molecular flexibility index (Phi) is 6.77. The van der Waals surface area contributed by atoms with Gasteiger partial charge in [0, 0.05) is 44.0 Å². The molecular weight excluding hydrogens is 349 g/mol. The van der Waals surface area contributed by atoms with E-state index < -0.39 is 0 Å². The highest BCUT2D eigenvalue weighted by Crippen LogP contribution is 2.25. The van der Waals surface area contributed by atoms with E-state index in [9.17, 15) is 9.18 Å². The molecule has 2 aromatic rings. The molecule has 1 fully saturated rings. The Morgan fingerprint density at radius 2 is 1.96 bits per heavy atom. The topological polar surface area (TPSA) is 35.6 Å². The fraction of sp³-hybridized carbons (Fsp3) is 0.450. The van der Waals surface area contributed by atoms with E-state index in [1.165, 1.54) is 10.9 Å². The van der Waals surface area contributed by atoms with Crippen molar-refractivity contribution >= 4 is 17.2 Å². The molecule has 140 valence electrons. The van der Waals surface area contributed by atoms with Gasteiger partial charge in [-0.3, -0.25) is 9.69 Å². The van der Waals surface area contributed by atoms with E-state index in [2.05, 4.69) is 39.7 Å². The van der Waals surface area contributed by atoms with Crippen molar-refractivity contribution in [3.05, 3.63) is 58.0 Å². The average molecular weight is 376 g/mol. The monoisotopic (exact) mass is 375 g/mol. The normalized spacial score (nSPS) is 17.2. The van der Waals surface area contributed by atoms with Gasteiger partial charge in [0.2, 0.25) is 5.91 Å². The number of amides is 1. The summed E-state index contributed by atoms with van der Waals surface area (Å²) >= 11 is 1.73. The number of carbonyl (C=O) groups is 1. The van der Waals surface area contributed by atoms with Crippen LogP contribution in [0.2, 0.25) is 0 Å². The maximum absolute atomic E-state index is 13.7. The first kappa shape index (κ1) is 19.0. The first-order valence-electron chi connectivity index (χ1n) is 9.09. The third-order valence-corrected chi connectivity index (χ3v) is 5.90. The van der Waals surface area contributed by atoms with Gasteiger partial charge < -0.3 is 10.2 Å². The second-order valence-electron chi connectivity index (χ2n) is 6.77. The molecule has 1 N–H and O–H groups in total. The van der Waals surface area contributed by atoms with Gasteiger partial charge in [-0.05, 0) is 36.5 Å². The lowest BCUT2D eigenvalue weighted by Gasteiger charge is -2.37. The number of hydrogen-bond acceptors (Lipinski definition) is 4. The number of aryl methyl sites for hydroxylation is 1. The molecule has 0 saturated carbocycles. The molecule has 4 nitrogen and oxygen atoms in total. The quantitative estimate of drug-likeness (QED) is 0.808. The average Bonchev–Trinajstić information content (AvgIpc) is 3.17. The molecule has 0 spiro atoms.